The van der Waals surface area contributed by atoms with E-state index in [0.29, 0.717) is 41.0 Å². The second-order valence-electron chi connectivity index (χ2n) is 12.3. The summed E-state index contributed by atoms with van der Waals surface area (Å²) in [6, 6.07) is 4.16. The minimum Gasteiger partial charge on any atom is -0.365 e. The zero-order valence-electron chi connectivity index (χ0n) is 24.3. The number of rotatable bonds is 9. The number of hydrogen-bond acceptors (Lipinski definition) is 6. The number of halogens is 3. The van der Waals surface area contributed by atoms with Crippen LogP contribution in [0.15, 0.2) is 18.3 Å². The molecule has 3 aromatic heterocycles. The highest BCUT2D eigenvalue weighted by molar-refractivity contribution is 5.87. The van der Waals surface area contributed by atoms with Crippen molar-refractivity contribution < 1.29 is 18.0 Å². The highest BCUT2D eigenvalue weighted by Gasteiger charge is 2.38. The van der Waals surface area contributed by atoms with Crippen molar-refractivity contribution in [3.63, 3.8) is 0 Å². The van der Waals surface area contributed by atoms with Crippen molar-refractivity contribution >= 4 is 22.9 Å². The van der Waals surface area contributed by atoms with Crippen LogP contribution >= 0.6 is 0 Å². The molecule has 0 radical (unpaired) electrons. The van der Waals surface area contributed by atoms with Gasteiger partial charge in [-0.15, -0.1) is 0 Å². The van der Waals surface area contributed by atoms with Gasteiger partial charge in [0.05, 0.1) is 6.54 Å². The molecular formula is C30H40F3N7O. The number of anilines is 1. The molecule has 2 saturated carbocycles. The summed E-state index contributed by atoms with van der Waals surface area (Å²) in [7, 11) is 0. The summed E-state index contributed by atoms with van der Waals surface area (Å²) in [5.74, 6) is 1.23. The topological polar surface area (TPSA) is 97.6 Å². The van der Waals surface area contributed by atoms with Crippen molar-refractivity contribution in [2.75, 3.05) is 5.32 Å². The summed E-state index contributed by atoms with van der Waals surface area (Å²) >= 11 is 0. The minimum absolute atomic E-state index is 0.0741. The third-order valence-corrected chi connectivity index (χ3v) is 8.79. The van der Waals surface area contributed by atoms with Gasteiger partial charge in [0.25, 0.3) is 0 Å². The van der Waals surface area contributed by atoms with E-state index in [0.717, 1.165) is 49.0 Å². The largest absolute Gasteiger partial charge is 0.471 e. The molecule has 2 N–H and O–H groups in total. The Kier molecular flexibility index (Phi) is 8.52. The SMILES string of the molecule is CC1CCC(Cn2c(-c3cc(C(C)C)ccn3)nc3nc(CNC(=O)C(F)(F)F)nc(NC(C)C4CCC4)c32)CC1. The first kappa shape index (κ1) is 29.3. The molecule has 1 amide bonds. The van der Waals surface area contributed by atoms with Crippen LogP contribution in [0, 0.1) is 17.8 Å². The van der Waals surface area contributed by atoms with Gasteiger partial charge in [0, 0.05) is 18.8 Å². The number of nitrogens with zero attached hydrogens (tertiary/aromatic N) is 5. The van der Waals surface area contributed by atoms with Crippen LogP contribution < -0.4 is 10.6 Å². The summed E-state index contributed by atoms with van der Waals surface area (Å²) in [4.78, 5) is 30.4. The van der Waals surface area contributed by atoms with E-state index in [2.05, 4.69) is 52.5 Å². The number of hydrogen-bond donors (Lipinski definition) is 2. The lowest BCUT2D eigenvalue weighted by molar-refractivity contribution is -0.173. The Bertz CT molecular complexity index is 1370. The number of nitrogens with one attached hydrogen (secondary N) is 2. The molecule has 222 valence electrons. The van der Waals surface area contributed by atoms with Crippen molar-refractivity contribution in [2.45, 2.75) is 104 Å². The number of fused-ring (bicyclic) bond motifs is 1. The summed E-state index contributed by atoms with van der Waals surface area (Å²) < 4.78 is 40.8. The number of aromatic nitrogens is 5. The van der Waals surface area contributed by atoms with Crippen LogP contribution in [0.3, 0.4) is 0 Å². The minimum atomic E-state index is -4.98. The number of carbonyl (C=O) groups is 1. The Hall–Kier alpha value is -3.24. The Morgan fingerprint density at radius 2 is 1.80 bits per heavy atom. The number of alkyl halides is 3. The van der Waals surface area contributed by atoms with Crippen molar-refractivity contribution in [1.29, 1.82) is 0 Å². The molecule has 2 aliphatic rings. The van der Waals surface area contributed by atoms with Gasteiger partial charge in [-0.3, -0.25) is 9.78 Å². The van der Waals surface area contributed by atoms with Gasteiger partial charge < -0.3 is 15.2 Å². The van der Waals surface area contributed by atoms with E-state index in [1.165, 1.54) is 19.3 Å². The number of carbonyl (C=O) groups excluding carboxylic acids is 1. The predicted octanol–water partition coefficient (Wildman–Crippen LogP) is 6.62. The summed E-state index contributed by atoms with van der Waals surface area (Å²) in [5.41, 5.74) is 2.98. The molecule has 2 fully saturated rings. The highest BCUT2D eigenvalue weighted by atomic mass is 19.4. The third-order valence-electron chi connectivity index (χ3n) is 8.79. The van der Waals surface area contributed by atoms with Crippen LogP contribution in [0.5, 0.6) is 0 Å². The first-order chi connectivity index (χ1) is 19.5. The van der Waals surface area contributed by atoms with Gasteiger partial charge in [0.1, 0.15) is 11.2 Å². The van der Waals surface area contributed by atoms with Crippen LogP contribution in [-0.2, 0) is 17.9 Å². The Labute approximate surface area is 239 Å². The molecular weight excluding hydrogens is 531 g/mol. The predicted molar refractivity (Wildman–Crippen MR) is 152 cm³/mol. The molecule has 0 aromatic carbocycles. The molecule has 5 rings (SSSR count). The van der Waals surface area contributed by atoms with Gasteiger partial charge in [0.2, 0.25) is 0 Å². The number of pyridine rings is 1. The summed E-state index contributed by atoms with van der Waals surface area (Å²) in [6.45, 7) is 8.94. The quantitative estimate of drug-likeness (QED) is 0.300. The van der Waals surface area contributed by atoms with E-state index in [-0.39, 0.29) is 11.9 Å². The van der Waals surface area contributed by atoms with Gasteiger partial charge >= 0.3 is 12.1 Å². The second kappa shape index (κ2) is 11.9. The van der Waals surface area contributed by atoms with Crippen molar-refractivity contribution in [1.82, 2.24) is 29.8 Å². The lowest BCUT2D eigenvalue weighted by Gasteiger charge is -2.32. The van der Waals surface area contributed by atoms with E-state index in [9.17, 15) is 18.0 Å². The molecule has 0 saturated heterocycles. The molecule has 3 heterocycles. The Balaban J connectivity index is 1.61. The second-order valence-corrected chi connectivity index (χ2v) is 12.3. The average Bonchev–Trinajstić information content (AvgIpc) is 3.25. The maximum absolute atomic E-state index is 12.9. The van der Waals surface area contributed by atoms with E-state index in [4.69, 9.17) is 4.98 Å². The monoisotopic (exact) mass is 571 g/mol. The molecule has 1 unspecified atom stereocenters. The normalized spacial score (nSPS) is 20.7. The standard InChI is InChI=1S/C30H40F3N7O/c1-17(2)22-12-13-34-23(14-22)28-39-27-25(40(28)16-20-10-8-18(3)9-11-20)26(36-19(4)21-6-5-7-21)37-24(38-27)15-35-29(41)30(31,32)33/h12-14,17-21H,5-11,15-16H2,1-4H3,(H,35,41)(H,36,37,38). The molecule has 0 spiro atoms. The fourth-order valence-electron chi connectivity index (χ4n) is 5.87. The molecule has 41 heavy (non-hydrogen) atoms. The van der Waals surface area contributed by atoms with Crippen molar-refractivity contribution in [3.8, 4) is 11.5 Å². The summed E-state index contributed by atoms with van der Waals surface area (Å²) in [5, 5.41) is 5.47. The van der Waals surface area contributed by atoms with Gasteiger partial charge in [0.15, 0.2) is 23.1 Å². The maximum Gasteiger partial charge on any atom is 0.471 e. The van der Waals surface area contributed by atoms with Crippen LogP contribution in [0.1, 0.15) is 89.9 Å². The first-order valence-corrected chi connectivity index (χ1v) is 14.8. The average molecular weight is 572 g/mol. The zero-order chi connectivity index (χ0) is 29.3. The molecule has 2 aliphatic carbocycles. The highest BCUT2D eigenvalue weighted by Crippen LogP contribution is 2.36. The Morgan fingerprint density at radius 3 is 2.44 bits per heavy atom. The van der Waals surface area contributed by atoms with Crippen LogP contribution in [-0.4, -0.2) is 42.6 Å². The van der Waals surface area contributed by atoms with Gasteiger partial charge in [-0.25, -0.2) is 15.0 Å². The lowest BCUT2D eigenvalue weighted by Crippen LogP contribution is -2.36. The smallest absolute Gasteiger partial charge is 0.365 e. The molecule has 8 nitrogen and oxygen atoms in total. The fourth-order valence-corrected chi connectivity index (χ4v) is 5.87. The molecule has 1 atom stereocenters. The molecule has 11 heteroatoms. The lowest BCUT2D eigenvalue weighted by atomic mass is 9.80. The number of imidazole rings is 1. The Morgan fingerprint density at radius 1 is 1.07 bits per heavy atom. The van der Waals surface area contributed by atoms with Gasteiger partial charge in [-0.05, 0) is 74.0 Å². The molecule has 0 bridgehead atoms. The van der Waals surface area contributed by atoms with Gasteiger partial charge in [-0.2, -0.15) is 13.2 Å². The van der Waals surface area contributed by atoms with E-state index >= 15 is 0 Å². The maximum atomic E-state index is 12.9. The van der Waals surface area contributed by atoms with E-state index in [1.807, 2.05) is 17.4 Å². The number of amides is 1. The van der Waals surface area contributed by atoms with Crippen LogP contribution in [0.2, 0.25) is 0 Å². The first-order valence-electron chi connectivity index (χ1n) is 14.8. The third kappa shape index (κ3) is 6.64. The van der Waals surface area contributed by atoms with Crippen molar-refractivity contribution in [3.05, 3.63) is 29.7 Å². The summed E-state index contributed by atoms with van der Waals surface area (Å²) in [6.07, 6.45) is 4.81. The van der Waals surface area contributed by atoms with Crippen LogP contribution in [0.25, 0.3) is 22.7 Å². The van der Waals surface area contributed by atoms with E-state index < -0.39 is 18.6 Å². The molecule has 0 aliphatic heterocycles. The zero-order valence-corrected chi connectivity index (χ0v) is 24.3. The van der Waals surface area contributed by atoms with Crippen molar-refractivity contribution in [2.24, 2.45) is 17.8 Å². The van der Waals surface area contributed by atoms with Crippen LogP contribution in [0.4, 0.5) is 19.0 Å². The fraction of sp³-hybridized carbons (Fsp3) is 0.633. The van der Waals surface area contributed by atoms with Gasteiger partial charge in [-0.1, -0.05) is 40.0 Å². The van der Waals surface area contributed by atoms with E-state index in [1.54, 1.807) is 6.20 Å². The molecule has 3 aromatic rings.